The Labute approximate surface area is 161 Å². The van der Waals surface area contributed by atoms with Gasteiger partial charge in [0.05, 0.1) is 32.0 Å². The van der Waals surface area contributed by atoms with Crippen molar-refractivity contribution in [2.75, 3.05) is 32.8 Å². The van der Waals surface area contributed by atoms with Gasteiger partial charge in [-0.2, -0.15) is 0 Å². The van der Waals surface area contributed by atoms with Crippen molar-refractivity contribution in [3.63, 3.8) is 0 Å². The molecule has 27 heavy (non-hydrogen) atoms. The quantitative estimate of drug-likeness (QED) is 0.753. The normalized spacial score (nSPS) is 24.0. The fourth-order valence-electron chi connectivity index (χ4n) is 4.15. The maximum atomic E-state index is 12.9. The van der Waals surface area contributed by atoms with E-state index in [0.717, 1.165) is 18.4 Å². The molecule has 0 aromatic heterocycles. The molecule has 3 rings (SSSR count). The highest BCUT2D eigenvalue weighted by Crippen LogP contribution is 2.25. The average molecular weight is 376 g/mol. The Kier molecular flexibility index (Phi) is 7.64. The molecular formula is C21H32N2O4. The third kappa shape index (κ3) is 6.01. The lowest BCUT2D eigenvalue weighted by Gasteiger charge is -2.35. The van der Waals surface area contributed by atoms with Crippen LogP contribution in [0.5, 0.6) is 0 Å². The van der Waals surface area contributed by atoms with Gasteiger partial charge in [0, 0.05) is 25.7 Å². The van der Waals surface area contributed by atoms with Gasteiger partial charge in [0.15, 0.2) is 0 Å². The topological polar surface area (TPSA) is 73.2 Å². The second kappa shape index (κ2) is 10.2. The Balaban J connectivity index is 1.68. The molecule has 2 unspecified atom stereocenters. The number of carbonyl (C=O) groups excluding carboxylic acids is 1. The van der Waals surface area contributed by atoms with Gasteiger partial charge in [-0.05, 0) is 18.4 Å². The predicted octanol–water partition coefficient (Wildman–Crippen LogP) is 1.40. The zero-order valence-electron chi connectivity index (χ0n) is 16.0. The summed E-state index contributed by atoms with van der Waals surface area (Å²) in [5.74, 6) is 0.109. The van der Waals surface area contributed by atoms with Gasteiger partial charge in [-0.1, -0.05) is 49.6 Å². The summed E-state index contributed by atoms with van der Waals surface area (Å²) < 4.78 is 6.18. The van der Waals surface area contributed by atoms with Crippen LogP contribution in [0.15, 0.2) is 30.3 Å². The number of amides is 1. The lowest BCUT2D eigenvalue weighted by Crippen LogP contribution is -2.46. The molecular weight excluding hydrogens is 344 g/mol. The van der Waals surface area contributed by atoms with E-state index >= 15 is 0 Å². The van der Waals surface area contributed by atoms with Crippen molar-refractivity contribution < 1.29 is 19.7 Å². The van der Waals surface area contributed by atoms with Crippen molar-refractivity contribution in [1.29, 1.82) is 0 Å². The second-order valence-corrected chi connectivity index (χ2v) is 7.79. The van der Waals surface area contributed by atoms with Crippen LogP contribution in [0.1, 0.15) is 37.7 Å². The van der Waals surface area contributed by atoms with Gasteiger partial charge in [-0.3, -0.25) is 9.69 Å². The number of hydrogen-bond acceptors (Lipinski definition) is 5. The van der Waals surface area contributed by atoms with Gasteiger partial charge in [0.25, 0.3) is 0 Å². The molecule has 2 aliphatic rings. The number of β-amino-alcohol motifs (C(OH)–C–C–N with tert-alkyl or cyclic N) is 1. The van der Waals surface area contributed by atoms with Gasteiger partial charge in [-0.15, -0.1) is 0 Å². The summed E-state index contributed by atoms with van der Waals surface area (Å²) >= 11 is 0. The van der Waals surface area contributed by atoms with Crippen molar-refractivity contribution in [2.45, 2.75) is 57.0 Å². The zero-order chi connectivity index (χ0) is 19.1. The van der Waals surface area contributed by atoms with Crippen LogP contribution >= 0.6 is 0 Å². The van der Waals surface area contributed by atoms with E-state index in [0.29, 0.717) is 25.7 Å². The number of nitrogens with zero attached hydrogens (tertiary/aromatic N) is 2. The SMILES string of the molecule is O=C1CN(CC(O)CO)CC(OCc2ccccc2)CN1C1CCCCC1. The lowest BCUT2D eigenvalue weighted by molar-refractivity contribution is -0.135. The molecule has 1 saturated heterocycles. The van der Waals surface area contributed by atoms with E-state index in [-0.39, 0.29) is 31.7 Å². The van der Waals surface area contributed by atoms with Crippen molar-refractivity contribution >= 4 is 5.91 Å². The highest BCUT2D eigenvalue weighted by Gasteiger charge is 2.33. The summed E-state index contributed by atoms with van der Waals surface area (Å²) in [6, 6.07) is 10.3. The number of ether oxygens (including phenoxy) is 1. The van der Waals surface area contributed by atoms with Crippen LogP contribution < -0.4 is 0 Å². The van der Waals surface area contributed by atoms with Crippen molar-refractivity contribution in [3.8, 4) is 0 Å². The summed E-state index contributed by atoms with van der Waals surface area (Å²) in [6.07, 6.45) is 4.79. The predicted molar refractivity (Wildman–Crippen MR) is 103 cm³/mol. The van der Waals surface area contributed by atoms with Crippen LogP contribution in [0.25, 0.3) is 0 Å². The largest absolute Gasteiger partial charge is 0.394 e. The summed E-state index contributed by atoms with van der Waals surface area (Å²) in [4.78, 5) is 16.8. The van der Waals surface area contributed by atoms with Crippen LogP contribution in [0, 0.1) is 0 Å². The minimum absolute atomic E-state index is 0.107. The summed E-state index contributed by atoms with van der Waals surface area (Å²) in [6.45, 7) is 1.95. The molecule has 0 bridgehead atoms. The molecule has 2 N–H and O–H groups in total. The Hall–Kier alpha value is -1.47. The third-order valence-corrected chi connectivity index (χ3v) is 5.57. The van der Waals surface area contributed by atoms with Crippen LogP contribution in [0.4, 0.5) is 0 Å². The molecule has 6 heteroatoms. The molecule has 150 valence electrons. The molecule has 2 atom stereocenters. The molecule has 0 radical (unpaired) electrons. The van der Waals surface area contributed by atoms with Crippen LogP contribution in [0.3, 0.4) is 0 Å². The van der Waals surface area contributed by atoms with Gasteiger partial charge in [0.1, 0.15) is 0 Å². The summed E-state index contributed by atoms with van der Waals surface area (Å²) in [5, 5.41) is 19.0. The smallest absolute Gasteiger partial charge is 0.237 e. The van der Waals surface area contributed by atoms with E-state index in [9.17, 15) is 15.0 Å². The number of aliphatic hydroxyl groups is 2. The van der Waals surface area contributed by atoms with E-state index in [1.165, 1.54) is 19.3 Å². The first-order valence-corrected chi connectivity index (χ1v) is 10.1. The first kappa shape index (κ1) is 20.3. The highest BCUT2D eigenvalue weighted by molar-refractivity contribution is 5.79. The van der Waals surface area contributed by atoms with Crippen LogP contribution in [-0.4, -0.2) is 77.0 Å². The Morgan fingerprint density at radius 3 is 2.56 bits per heavy atom. The third-order valence-electron chi connectivity index (χ3n) is 5.57. The van der Waals surface area contributed by atoms with E-state index in [2.05, 4.69) is 0 Å². The molecule has 0 spiro atoms. The molecule has 1 amide bonds. The first-order valence-electron chi connectivity index (χ1n) is 10.1. The summed E-state index contributed by atoms with van der Waals surface area (Å²) in [7, 11) is 0. The Bertz CT molecular complexity index is 577. The van der Waals surface area contributed by atoms with Crippen LogP contribution in [0.2, 0.25) is 0 Å². The molecule has 1 aromatic carbocycles. The number of aliphatic hydroxyl groups excluding tert-OH is 2. The van der Waals surface area contributed by atoms with E-state index in [1.807, 2.05) is 40.1 Å². The molecule has 1 aromatic rings. The van der Waals surface area contributed by atoms with E-state index in [1.54, 1.807) is 0 Å². The van der Waals surface area contributed by atoms with Gasteiger partial charge < -0.3 is 19.8 Å². The van der Waals surface area contributed by atoms with Gasteiger partial charge >= 0.3 is 0 Å². The zero-order valence-corrected chi connectivity index (χ0v) is 16.0. The standard InChI is InChI=1S/C21H32N2O4/c24-15-19(25)11-22-12-20(27-16-17-7-3-1-4-8-17)13-23(21(26)14-22)18-9-5-2-6-10-18/h1,3-4,7-8,18-20,24-25H,2,5-6,9-16H2. The fourth-order valence-corrected chi connectivity index (χ4v) is 4.15. The molecule has 1 aliphatic heterocycles. The molecule has 2 fully saturated rings. The van der Waals surface area contributed by atoms with E-state index < -0.39 is 6.10 Å². The maximum Gasteiger partial charge on any atom is 0.237 e. The first-order chi connectivity index (χ1) is 13.2. The van der Waals surface area contributed by atoms with Crippen LogP contribution in [-0.2, 0) is 16.1 Å². The number of hydrogen-bond donors (Lipinski definition) is 2. The number of carbonyl (C=O) groups is 1. The summed E-state index contributed by atoms with van der Waals surface area (Å²) in [5.41, 5.74) is 1.11. The molecule has 1 saturated carbocycles. The number of rotatable bonds is 7. The van der Waals surface area contributed by atoms with Crippen molar-refractivity contribution in [2.24, 2.45) is 0 Å². The Morgan fingerprint density at radius 1 is 1.11 bits per heavy atom. The van der Waals surface area contributed by atoms with E-state index in [4.69, 9.17) is 4.74 Å². The molecule has 1 aliphatic carbocycles. The highest BCUT2D eigenvalue weighted by atomic mass is 16.5. The minimum Gasteiger partial charge on any atom is -0.394 e. The lowest BCUT2D eigenvalue weighted by atomic mass is 9.94. The molecule has 1 heterocycles. The second-order valence-electron chi connectivity index (χ2n) is 7.79. The van der Waals surface area contributed by atoms with Gasteiger partial charge in [0.2, 0.25) is 5.91 Å². The van der Waals surface area contributed by atoms with Crippen molar-refractivity contribution in [3.05, 3.63) is 35.9 Å². The maximum absolute atomic E-state index is 12.9. The monoisotopic (exact) mass is 376 g/mol. The average Bonchev–Trinajstić information content (AvgIpc) is 2.86. The fraction of sp³-hybridized carbons (Fsp3) is 0.667. The Morgan fingerprint density at radius 2 is 1.85 bits per heavy atom. The minimum atomic E-state index is -0.839. The van der Waals surface area contributed by atoms with Crippen molar-refractivity contribution in [1.82, 2.24) is 9.80 Å². The number of benzene rings is 1. The molecule has 6 nitrogen and oxygen atoms in total. The van der Waals surface area contributed by atoms with Gasteiger partial charge in [-0.25, -0.2) is 0 Å².